The van der Waals surface area contributed by atoms with Gasteiger partial charge in [-0.2, -0.15) is 12.6 Å². The smallest absolute Gasteiger partial charge is 0.0760 e. The zero-order valence-electron chi connectivity index (χ0n) is 13.0. The molecule has 0 saturated carbocycles. The van der Waals surface area contributed by atoms with Gasteiger partial charge in [0.1, 0.15) is 0 Å². The summed E-state index contributed by atoms with van der Waals surface area (Å²) in [6.45, 7) is 16.5. The molecule has 0 aliphatic carbocycles. The van der Waals surface area contributed by atoms with Crippen molar-refractivity contribution in [2.45, 2.75) is 65.6 Å². The van der Waals surface area contributed by atoms with Crippen LogP contribution in [0.15, 0.2) is 0 Å². The lowest BCUT2D eigenvalue weighted by molar-refractivity contribution is -0.184. The van der Waals surface area contributed by atoms with E-state index in [9.17, 15) is 0 Å². The van der Waals surface area contributed by atoms with Crippen molar-refractivity contribution < 1.29 is 4.74 Å². The molecular weight excluding hydrogens is 242 g/mol. The highest BCUT2D eigenvalue weighted by molar-refractivity contribution is 7.80. The molecule has 0 atom stereocenters. The Morgan fingerprint density at radius 2 is 1.50 bits per heavy atom. The quantitative estimate of drug-likeness (QED) is 0.768. The average molecular weight is 273 g/mol. The van der Waals surface area contributed by atoms with Crippen LogP contribution in [0.3, 0.4) is 0 Å². The van der Waals surface area contributed by atoms with Crippen molar-refractivity contribution in [3.8, 4) is 0 Å². The Labute approximate surface area is 119 Å². The third-order valence-corrected chi connectivity index (χ3v) is 4.83. The molecule has 108 valence electrons. The van der Waals surface area contributed by atoms with Gasteiger partial charge in [0.25, 0.3) is 0 Å². The van der Waals surface area contributed by atoms with Gasteiger partial charge >= 0.3 is 0 Å². The second-order valence-corrected chi connectivity index (χ2v) is 7.45. The second kappa shape index (κ2) is 5.72. The summed E-state index contributed by atoms with van der Waals surface area (Å²) in [5.41, 5.74) is 0.254. The monoisotopic (exact) mass is 273 g/mol. The van der Waals surface area contributed by atoms with Gasteiger partial charge in [-0.1, -0.05) is 13.8 Å². The SMILES string of the molecule is CCC(CC)(CS)CN1CC(C)(C)OC(C)(C)C1. The summed E-state index contributed by atoms with van der Waals surface area (Å²) in [5.74, 6) is 0.970. The summed E-state index contributed by atoms with van der Waals surface area (Å²) in [4.78, 5) is 2.58. The predicted molar refractivity (Wildman–Crippen MR) is 82.6 cm³/mol. The zero-order chi connectivity index (χ0) is 14.0. The molecule has 0 amide bonds. The molecule has 3 heteroatoms. The molecule has 0 unspecified atom stereocenters. The van der Waals surface area contributed by atoms with E-state index in [0.717, 1.165) is 25.4 Å². The molecule has 0 N–H and O–H groups in total. The minimum Gasteiger partial charge on any atom is -0.367 e. The van der Waals surface area contributed by atoms with E-state index in [2.05, 4.69) is 59.1 Å². The zero-order valence-corrected chi connectivity index (χ0v) is 13.9. The number of hydrogen-bond donors (Lipinski definition) is 1. The number of thiol groups is 1. The molecule has 0 aromatic carbocycles. The Hall–Kier alpha value is 0.270. The summed E-state index contributed by atoms with van der Waals surface area (Å²) in [6.07, 6.45) is 2.40. The largest absolute Gasteiger partial charge is 0.367 e. The fraction of sp³-hybridized carbons (Fsp3) is 1.00. The number of morpholine rings is 1. The van der Waals surface area contributed by atoms with E-state index >= 15 is 0 Å². The van der Waals surface area contributed by atoms with Gasteiger partial charge in [0.2, 0.25) is 0 Å². The maximum Gasteiger partial charge on any atom is 0.0760 e. The maximum atomic E-state index is 6.15. The summed E-state index contributed by atoms with van der Waals surface area (Å²) in [5, 5.41) is 0. The van der Waals surface area contributed by atoms with Gasteiger partial charge in [0.05, 0.1) is 11.2 Å². The van der Waals surface area contributed by atoms with Crippen molar-refractivity contribution in [2.75, 3.05) is 25.4 Å². The Kier molecular flexibility index (Phi) is 5.19. The van der Waals surface area contributed by atoms with Gasteiger partial charge in [-0.25, -0.2) is 0 Å². The first-order valence-corrected chi connectivity index (χ1v) is 7.84. The van der Waals surface area contributed by atoms with Crippen molar-refractivity contribution in [1.82, 2.24) is 4.90 Å². The van der Waals surface area contributed by atoms with Crippen molar-refractivity contribution in [3.05, 3.63) is 0 Å². The second-order valence-electron chi connectivity index (χ2n) is 7.13. The minimum atomic E-state index is -0.0500. The minimum absolute atomic E-state index is 0.0500. The van der Waals surface area contributed by atoms with E-state index in [1.165, 1.54) is 12.8 Å². The first-order chi connectivity index (χ1) is 8.17. The molecule has 2 nitrogen and oxygen atoms in total. The van der Waals surface area contributed by atoms with Crippen LogP contribution in [0.1, 0.15) is 54.4 Å². The highest BCUT2D eigenvalue weighted by Gasteiger charge is 2.40. The molecule has 1 saturated heterocycles. The highest BCUT2D eigenvalue weighted by Crippen LogP contribution is 2.34. The molecule has 1 aliphatic rings. The lowest BCUT2D eigenvalue weighted by Crippen LogP contribution is -2.59. The first-order valence-electron chi connectivity index (χ1n) is 7.21. The van der Waals surface area contributed by atoms with Crippen LogP contribution in [0.4, 0.5) is 0 Å². The van der Waals surface area contributed by atoms with Crippen molar-refractivity contribution in [2.24, 2.45) is 5.41 Å². The molecule has 1 rings (SSSR count). The molecule has 1 aliphatic heterocycles. The standard InChI is InChI=1S/C15H31NOS/c1-7-15(8-2,12-18)11-16-9-13(3,4)17-14(5,6)10-16/h18H,7-12H2,1-6H3. The van der Waals surface area contributed by atoms with E-state index in [-0.39, 0.29) is 11.2 Å². The molecular formula is C15H31NOS. The molecule has 0 bridgehead atoms. The average Bonchev–Trinajstić information content (AvgIpc) is 2.22. The van der Waals surface area contributed by atoms with E-state index in [0.29, 0.717) is 5.41 Å². The van der Waals surface area contributed by atoms with Gasteiger partial charge < -0.3 is 4.74 Å². The topological polar surface area (TPSA) is 12.5 Å². The Morgan fingerprint density at radius 1 is 1.06 bits per heavy atom. The number of rotatable bonds is 5. The number of nitrogens with zero attached hydrogens (tertiary/aromatic N) is 1. The maximum absolute atomic E-state index is 6.15. The predicted octanol–water partition coefficient (Wildman–Crippen LogP) is 3.61. The van der Waals surface area contributed by atoms with Gasteiger partial charge in [0, 0.05) is 19.6 Å². The third-order valence-electron chi connectivity index (χ3n) is 4.16. The highest BCUT2D eigenvalue weighted by atomic mass is 32.1. The summed E-state index contributed by atoms with van der Waals surface area (Å²) >= 11 is 4.59. The van der Waals surface area contributed by atoms with Crippen LogP contribution < -0.4 is 0 Å². The normalized spacial score (nSPS) is 24.2. The van der Waals surface area contributed by atoms with Gasteiger partial charge in [-0.05, 0) is 51.7 Å². The van der Waals surface area contributed by atoms with Gasteiger partial charge in [0.15, 0.2) is 0 Å². The Morgan fingerprint density at radius 3 is 1.83 bits per heavy atom. The van der Waals surface area contributed by atoms with Gasteiger partial charge in [-0.15, -0.1) is 0 Å². The lowest BCUT2D eigenvalue weighted by atomic mass is 9.83. The summed E-state index contributed by atoms with van der Waals surface area (Å²) in [6, 6.07) is 0. The Bertz CT molecular complexity index is 247. The fourth-order valence-corrected chi connectivity index (χ4v) is 3.83. The van der Waals surface area contributed by atoms with Crippen LogP contribution >= 0.6 is 12.6 Å². The molecule has 1 fully saturated rings. The third kappa shape index (κ3) is 4.14. The van der Waals surface area contributed by atoms with Gasteiger partial charge in [-0.3, -0.25) is 4.90 Å². The molecule has 0 aromatic heterocycles. The van der Waals surface area contributed by atoms with E-state index < -0.39 is 0 Å². The van der Waals surface area contributed by atoms with Crippen LogP contribution in [0.2, 0.25) is 0 Å². The van der Waals surface area contributed by atoms with Crippen LogP contribution in [-0.2, 0) is 4.74 Å². The van der Waals surface area contributed by atoms with E-state index in [4.69, 9.17) is 4.74 Å². The van der Waals surface area contributed by atoms with Crippen molar-refractivity contribution in [1.29, 1.82) is 0 Å². The number of ether oxygens (including phenoxy) is 1. The van der Waals surface area contributed by atoms with E-state index in [1.54, 1.807) is 0 Å². The molecule has 0 radical (unpaired) electrons. The summed E-state index contributed by atoms with van der Waals surface area (Å²) < 4.78 is 6.15. The lowest BCUT2D eigenvalue weighted by Gasteiger charge is -2.49. The van der Waals surface area contributed by atoms with Crippen molar-refractivity contribution >= 4 is 12.6 Å². The fourth-order valence-electron chi connectivity index (χ4n) is 3.28. The van der Waals surface area contributed by atoms with E-state index in [1.807, 2.05) is 0 Å². The van der Waals surface area contributed by atoms with Crippen molar-refractivity contribution in [3.63, 3.8) is 0 Å². The first kappa shape index (κ1) is 16.3. The molecule has 0 spiro atoms. The van der Waals surface area contributed by atoms with Crippen LogP contribution in [-0.4, -0.2) is 41.5 Å². The summed E-state index contributed by atoms with van der Waals surface area (Å²) in [7, 11) is 0. The Balaban J connectivity index is 2.77. The molecule has 1 heterocycles. The molecule has 0 aromatic rings. The van der Waals surface area contributed by atoms with Crippen LogP contribution in [0.5, 0.6) is 0 Å². The van der Waals surface area contributed by atoms with Crippen LogP contribution in [0.25, 0.3) is 0 Å². The number of hydrogen-bond acceptors (Lipinski definition) is 3. The van der Waals surface area contributed by atoms with Crippen LogP contribution in [0, 0.1) is 5.41 Å². The molecule has 18 heavy (non-hydrogen) atoms.